The summed E-state index contributed by atoms with van der Waals surface area (Å²) in [7, 11) is 0. The van der Waals surface area contributed by atoms with Crippen molar-refractivity contribution in [3.8, 4) is 11.5 Å². The van der Waals surface area contributed by atoms with E-state index in [4.69, 9.17) is 4.74 Å². The van der Waals surface area contributed by atoms with E-state index >= 15 is 0 Å². The molecule has 0 bridgehead atoms. The van der Waals surface area contributed by atoms with Crippen LogP contribution in [0.1, 0.15) is 30.9 Å². The number of rotatable bonds is 3. The summed E-state index contributed by atoms with van der Waals surface area (Å²) in [5.74, 6) is 1.42. The van der Waals surface area contributed by atoms with Gasteiger partial charge < -0.3 is 4.74 Å². The van der Waals surface area contributed by atoms with Crippen LogP contribution < -0.4 is 4.74 Å². The minimum atomic E-state index is -4.32. The van der Waals surface area contributed by atoms with E-state index in [0.717, 1.165) is 12.1 Å². The van der Waals surface area contributed by atoms with Crippen LogP contribution in [0.2, 0.25) is 0 Å². The first kappa shape index (κ1) is 14.4. The van der Waals surface area contributed by atoms with Gasteiger partial charge in [-0.3, -0.25) is 0 Å². The van der Waals surface area contributed by atoms with Crippen molar-refractivity contribution in [3.05, 3.63) is 59.7 Å². The quantitative estimate of drug-likeness (QED) is 0.709. The van der Waals surface area contributed by atoms with Gasteiger partial charge in [0, 0.05) is 0 Å². The molecule has 1 nitrogen and oxygen atoms in total. The molecule has 2 aromatic carbocycles. The predicted molar refractivity (Wildman–Crippen MR) is 72.0 cm³/mol. The van der Waals surface area contributed by atoms with Crippen molar-refractivity contribution in [2.24, 2.45) is 0 Å². The standard InChI is InChI=1S/C16H15F3O/c1-11(2)12-3-7-14(8-4-12)20-15-9-5-13(6-10-15)16(17,18)19/h3-11H,1-2H3. The molecule has 0 aliphatic rings. The molecule has 0 unspecified atom stereocenters. The number of halogens is 3. The lowest BCUT2D eigenvalue weighted by Crippen LogP contribution is -2.03. The van der Waals surface area contributed by atoms with Crippen molar-refractivity contribution in [1.82, 2.24) is 0 Å². The van der Waals surface area contributed by atoms with E-state index in [1.165, 1.54) is 17.7 Å². The van der Waals surface area contributed by atoms with Crippen LogP contribution in [0, 0.1) is 0 Å². The first-order valence-corrected chi connectivity index (χ1v) is 6.31. The second-order valence-electron chi connectivity index (χ2n) is 4.85. The van der Waals surface area contributed by atoms with Gasteiger partial charge in [0.25, 0.3) is 0 Å². The number of alkyl halides is 3. The van der Waals surface area contributed by atoms with E-state index < -0.39 is 11.7 Å². The molecule has 0 spiro atoms. The molecule has 2 rings (SSSR count). The molecule has 0 saturated heterocycles. The summed E-state index contributed by atoms with van der Waals surface area (Å²) < 4.78 is 42.8. The summed E-state index contributed by atoms with van der Waals surface area (Å²) in [6.45, 7) is 4.18. The van der Waals surface area contributed by atoms with E-state index in [1.807, 2.05) is 24.3 Å². The van der Waals surface area contributed by atoms with E-state index in [2.05, 4.69) is 13.8 Å². The average molecular weight is 280 g/mol. The molecule has 20 heavy (non-hydrogen) atoms. The molecule has 0 aromatic heterocycles. The Morgan fingerprint density at radius 1 is 0.800 bits per heavy atom. The van der Waals surface area contributed by atoms with Crippen LogP contribution in [0.3, 0.4) is 0 Å². The van der Waals surface area contributed by atoms with Crippen LogP contribution in [0.4, 0.5) is 13.2 Å². The van der Waals surface area contributed by atoms with Crippen molar-refractivity contribution in [2.45, 2.75) is 25.9 Å². The van der Waals surface area contributed by atoms with Gasteiger partial charge >= 0.3 is 6.18 Å². The molecule has 2 aromatic rings. The molecule has 0 heterocycles. The first-order valence-electron chi connectivity index (χ1n) is 6.31. The average Bonchev–Trinajstić information content (AvgIpc) is 2.39. The normalized spacial score (nSPS) is 11.7. The lowest BCUT2D eigenvalue weighted by atomic mass is 10.0. The fourth-order valence-electron chi connectivity index (χ4n) is 1.77. The largest absolute Gasteiger partial charge is 0.457 e. The van der Waals surface area contributed by atoms with Gasteiger partial charge in [0.1, 0.15) is 11.5 Å². The smallest absolute Gasteiger partial charge is 0.416 e. The summed E-state index contributed by atoms with van der Waals surface area (Å²) >= 11 is 0. The van der Waals surface area contributed by atoms with Crippen LogP contribution in [0.25, 0.3) is 0 Å². The van der Waals surface area contributed by atoms with Crippen LogP contribution in [0.15, 0.2) is 48.5 Å². The molecule has 0 fully saturated rings. The molecule has 4 heteroatoms. The van der Waals surface area contributed by atoms with E-state index in [9.17, 15) is 13.2 Å². The van der Waals surface area contributed by atoms with Gasteiger partial charge in [0.05, 0.1) is 5.56 Å². The van der Waals surface area contributed by atoms with Gasteiger partial charge in [-0.1, -0.05) is 26.0 Å². The second-order valence-corrected chi connectivity index (χ2v) is 4.85. The highest BCUT2D eigenvalue weighted by molar-refractivity contribution is 5.35. The minimum Gasteiger partial charge on any atom is -0.457 e. The Hall–Kier alpha value is -1.97. The molecule has 0 aliphatic carbocycles. The van der Waals surface area contributed by atoms with Gasteiger partial charge in [-0.15, -0.1) is 0 Å². The number of benzene rings is 2. The third-order valence-corrected chi connectivity index (χ3v) is 2.96. The van der Waals surface area contributed by atoms with Gasteiger partial charge in [-0.05, 0) is 47.9 Å². The Bertz CT molecular complexity index is 554. The zero-order valence-electron chi connectivity index (χ0n) is 11.2. The molecule has 0 aliphatic heterocycles. The summed E-state index contributed by atoms with van der Waals surface area (Å²) in [6.07, 6.45) is -4.32. The van der Waals surface area contributed by atoms with E-state index in [1.54, 1.807) is 0 Å². The number of ether oxygens (including phenoxy) is 1. The van der Waals surface area contributed by atoms with Crippen molar-refractivity contribution in [1.29, 1.82) is 0 Å². The Morgan fingerprint density at radius 2 is 1.25 bits per heavy atom. The zero-order chi connectivity index (χ0) is 14.8. The monoisotopic (exact) mass is 280 g/mol. The van der Waals surface area contributed by atoms with Crippen LogP contribution >= 0.6 is 0 Å². The molecular weight excluding hydrogens is 265 g/mol. The fraction of sp³-hybridized carbons (Fsp3) is 0.250. The Kier molecular flexibility index (Phi) is 4.02. The number of hydrogen-bond donors (Lipinski definition) is 0. The van der Waals surface area contributed by atoms with E-state index in [0.29, 0.717) is 17.4 Å². The maximum Gasteiger partial charge on any atom is 0.416 e. The predicted octanol–water partition coefficient (Wildman–Crippen LogP) is 5.62. The lowest BCUT2D eigenvalue weighted by Gasteiger charge is -2.10. The van der Waals surface area contributed by atoms with Crippen LogP contribution in [-0.2, 0) is 6.18 Å². The summed E-state index contributed by atoms with van der Waals surface area (Å²) in [5, 5.41) is 0. The SMILES string of the molecule is CC(C)c1ccc(Oc2ccc(C(F)(F)F)cc2)cc1. The Morgan fingerprint density at radius 3 is 1.65 bits per heavy atom. The molecule has 0 atom stereocenters. The van der Waals surface area contributed by atoms with Gasteiger partial charge in [-0.25, -0.2) is 0 Å². The van der Waals surface area contributed by atoms with Gasteiger partial charge in [0.15, 0.2) is 0 Å². The summed E-state index contributed by atoms with van der Waals surface area (Å²) in [4.78, 5) is 0. The van der Waals surface area contributed by atoms with Gasteiger partial charge in [-0.2, -0.15) is 13.2 Å². The molecular formula is C16H15F3O. The molecule has 0 saturated carbocycles. The Labute approximate surface area is 116 Å². The van der Waals surface area contributed by atoms with Crippen molar-refractivity contribution in [2.75, 3.05) is 0 Å². The third kappa shape index (κ3) is 3.53. The number of hydrogen-bond acceptors (Lipinski definition) is 1. The minimum absolute atomic E-state index is 0.385. The second kappa shape index (κ2) is 5.57. The summed E-state index contributed by atoms with van der Waals surface area (Å²) in [5.41, 5.74) is 0.504. The third-order valence-electron chi connectivity index (χ3n) is 2.96. The highest BCUT2D eigenvalue weighted by Crippen LogP contribution is 2.31. The van der Waals surface area contributed by atoms with Crippen LogP contribution in [0.5, 0.6) is 11.5 Å². The maximum atomic E-state index is 12.4. The molecule has 106 valence electrons. The summed E-state index contributed by atoms with van der Waals surface area (Å²) in [6, 6.07) is 12.2. The fourth-order valence-corrected chi connectivity index (χ4v) is 1.77. The lowest BCUT2D eigenvalue weighted by molar-refractivity contribution is -0.137. The maximum absolute atomic E-state index is 12.4. The van der Waals surface area contributed by atoms with Gasteiger partial charge in [0.2, 0.25) is 0 Å². The zero-order valence-corrected chi connectivity index (χ0v) is 11.2. The molecule has 0 radical (unpaired) electrons. The highest BCUT2D eigenvalue weighted by atomic mass is 19.4. The van der Waals surface area contributed by atoms with Crippen molar-refractivity contribution in [3.63, 3.8) is 0 Å². The molecule has 0 amide bonds. The Balaban J connectivity index is 2.10. The first-order chi connectivity index (χ1) is 9.36. The van der Waals surface area contributed by atoms with Crippen molar-refractivity contribution >= 4 is 0 Å². The molecule has 0 N–H and O–H groups in total. The van der Waals surface area contributed by atoms with Crippen LogP contribution in [-0.4, -0.2) is 0 Å². The van der Waals surface area contributed by atoms with Crippen molar-refractivity contribution < 1.29 is 17.9 Å². The topological polar surface area (TPSA) is 9.23 Å². The van der Waals surface area contributed by atoms with E-state index in [-0.39, 0.29) is 0 Å². The highest BCUT2D eigenvalue weighted by Gasteiger charge is 2.30.